The predicted octanol–water partition coefficient (Wildman–Crippen LogP) is 2.03. The Hall–Kier alpha value is -1.49. The molecule has 5 nitrogen and oxygen atoms in total. The molecule has 1 amide bonds. The summed E-state index contributed by atoms with van der Waals surface area (Å²) in [7, 11) is 0. The van der Waals surface area contributed by atoms with Gasteiger partial charge in [0.15, 0.2) is 0 Å². The molecule has 2 aliphatic rings. The third kappa shape index (κ3) is 2.92. The molecule has 2 fully saturated rings. The Kier molecular flexibility index (Phi) is 3.46. The van der Waals surface area contributed by atoms with E-state index in [0.717, 1.165) is 49.5 Å². The number of nitrogens with zero attached hydrogens (tertiary/aromatic N) is 2. The Balaban J connectivity index is 1.73. The van der Waals surface area contributed by atoms with Crippen LogP contribution in [-0.2, 0) is 9.53 Å². The average molecular weight is 261 g/mol. The fourth-order valence-corrected chi connectivity index (χ4v) is 2.43. The van der Waals surface area contributed by atoms with Crippen LogP contribution in [0.2, 0.25) is 0 Å². The fraction of sp³-hybridized carbons (Fsp3) is 0.643. The van der Waals surface area contributed by atoms with Crippen LogP contribution in [0.25, 0.3) is 0 Å². The van der Waals surface area contributed by atoms with Crippen molar-refractivity contribution < 1.29 is 9.53 Å². The molecule has 0 aromatic carbocycles. The molecule has 1 aromatic rings. The summed E-state index contributed by atoms with van der Waals surface area (Å²) in [6.45, 7) is 3.18. The molecule has 102 valence electrons. The third-order valence-electron chi connectivity index (χ3n) is 3.69. The van der Waals surface area contributed by atoms with E-state index in [9.17, 15) is 4.79 Å². The maximum Gasteiger partial charge on any atom is 0.229 e. The molecule has 2 heterocycles. The van der Waals surface area contributed by atoms with Crippen LogP contribution in [0.4, 0.5) is 5.69 Å². The van der Waals surface area contributed by atoms with E-state index in [4.69, 9.17) is 4.74 Å². The molecular weight excluding hydrogens is 242 g/mol. The number of aryl methyl sites for hydroxylation is 1. The van der Waals surface area contributed by atoms with Gasteiger partial charge in [-0.1, -0.05) is 0 Å². The third-order valence-corrected chi connectivity index (χ3v) is 3.69. The van der Waals surface area contributed by atoms with Crippen LogP contribution in [0.3, 0.4) is 0 Å². The summed E-state index contributed by atoms with van der Waals surface area (Å²) in [5, 5.41) is 2.98. The van der Waals surface area contributed by atoms with Crippen LogP contribution in [0.1, 0.15) is 43.1 Å². The quantitative estimate of drug-likeness (QED) is 0.904. The van der Waals surface area contributed by atoms with Crippen molar-refractivity contribution in [2.24, 2.45) is 5.92 Å². The van der Waals surface area contributed by atoms with Gasteiger partial charge in [0.25, 0.3) is 0 Å². The van der Waals surface area contributed by atoms with Gasteiger partial charge >= 0.3 is 0 Å². The summed E-state index contributed by atoms with van der Waals surface area (Å²) >= 11 is 0. The van der Waals surface area contributed by atoms with Gasteiger partial charge in [0.2, 0.25) is 5.91 Å². The van der Waals surface area contributed by atoms with E-state index in [1.165, 1.54) is 0 Å². The number of anilines is 1. The summed E-state index contributed by atoms with van der Waals surface area (Å²) < 4.78 is 5.36. The lowest BCUT2D eigenvalue weighted by molar-refractivity contribution is -0.123. The van der Waals surface area contributed by atoms with E-state index in [1.807, 2.05) is 6.92 Å². The van der Waals surface area contributed by atoms with Crippen molar-refractivity contribution in [1.82, 2.24) is 9.97 Å². The molecule has 1 saturated carbocycles. The largest absolute Gasteiger partial charge is 0.381 e. The number of ether oxygens (including phenoxy) is 1. The number of carbonyl (C=O) groups is 1. The Bertz CT molecular complexity index is 480. The number of amides is 1. The van der Waals surface area contributed by atoms with E-state index >= 15 is 0 Å². The zero-order valence-corrected chi connectivity index (χ0v) is 11.2. The van der Waals surface area contributed by atoms with Gasteiger partial charge < -0.3 is 10.1 Å². The van der Waals surface area contributed by atoms with Crippen LogP contribution in [-0.4, -0.2) is 29.1 Å². The number of hydrogen-bond acceptors (Lipinski definition) is 4. The smallest absolute Gasteiger partial charge is 0.229 e. The molecule has 1 aromatic heterocycles. The minimum absolute atomic E-state index is 0.0362. The van der Waals surface area contributed by atoms with E-state index in [0.29, 0.717) is 12.5 Å². The molecule has 1 aliphatic carbocycles. The molecule has 0 spiro atoms. The first kappa shape index (κ1) is 12.5. The lowest BCUT2D eigenvalue weighted by atomic mass is 10.0. The van der Waals surface area contributed by atoms with Gasteiger partial charge in [-0.15, -0.1) is 0 Å². The van der Waals surface area contributed by atoms with Gasteiger partial charge in [-0.05, 0) is 32.6 Å². The molecule has 1 aliphatic heterocycles. The SMILES string of the molecule is Cc1ncc(NC(=O)[C@H]2CCCOC2)c(C2CC2)n1. The van der Waals surface area contributed by atoms with Crippen LogP contribution in [0.5, 0.6) is 0 Å². The van der Waals surface area contributed by atoms with Gasteiger partial charge in [-0.3, -0.25) is 4.79 Å². The summed E-state index contributed by atoms with van der Waals surface area (Å²) in [5.74, 6) is 1.26. The lowest BCUT2D eigenvalue weighted by Gasteiger charge is -2.21. The average Bonchev–Trinajstić information content (AvgIpc) is 3.26. The fourth-order valence-electron chi connectivity index (χ4n) is 2.43. The highest BCUT2D eigenvalue weighted by molar-refractivity contribution is 5.93. The topological polar surface area (TPSA) is 64.1 Å². The van der Waals surface area contributed by atoms with E-state index in [-0.39, 0.29) is 11.8 Å². The van der Waals surface area contributed by atoms with E-state index in [1.54, 1.807) is 6.20 Å². The number of carbonyl (C=O) groups excluding carboxylic acids is 1. The van der Waals surface area contributed by atoms with Gasteiger partial charge in [0, 0.05) is 12.5 Å². The zero-order chi connectivity index (χ0) is 13.2. The van der Waals surface area contributed by atoms with Crippen molar-refractivity contribution >= 4 is 11.6 Å². The minimum atomic E-state index is -0.0397. The molecule has 5 heteroatoms. The van der Waals surface area contributed by atoms with Gasteiger partial charge in [0.1, 0.15) is 5.82 Å². The summed E-state index contributed by atoms with van der Waals surface area (Å²) in [5.41, 5.74) is 1.78. The molecule has 3 rings (SSSR count). The van der Waals surface area contributed by atoms with Gasteiger partial charge in [-0.2, -0.15) is 0 Å². The second-order valence-corrected chi connectivity index (χ2v) is 5.39. The summed E-state index contributed by atoms with van der Waals surface area (Å²) in [6.07, 6.45) is 5.91. The Labute approximate surface area is 112 Å². The maximum atomic E-state index is 12.2. The normalized spacial score (nSPS) is 23.1. The predicted molar refractivity (Wildman–Crippen MR) is 70.9 cm³/mol. The van der Waals surface area contributed by atoms with Crippen LogP contribution in [0.15, 0.2) is 6.20 Å². The number of hydrogen-bond donors (Lipinski definition) is 1. The van der Waals surface area contributed by atoms with Gasteiger partial charge in [0.05, 0.1) is 30.1 Å². The van der Waals surface area contributed by atoms with E-state index in [2.05, 4.69) is 15.3 Å². The molecule has 0 bridgehead atoms. The molecule has 1 atom stereocenters. The molecule has 1 N–H and O–H groups in total. The monoisotopic (exact) mass is 261 g/mol. The van der Waals surface area contributed by atoms with Crippen LogP contribution < -0.4 is 5.32 Å². The highest BCUT2D eigenvalue weighted by Crippen LogP contribution is 2.42. The second kappa shape index (κ2) is 5.25. The minimum Gasteiger partial charge on any atom is -0.381 e. The summed E-state index contributed by atoms with van der Waals surface area (Å²) in [6, 6.07) is 0. The van der Waals surface area contributed by atoms with Crippen molar-refractivity contribution in [3.63, 3.8) is 0 Å². The maximum absolute atomic E-state index is 12.2. The molecular formula is C14H19N3O2. The van der Waals surface area contributed by atoms with E-state index < -0.39 is 0 Å². The zero-order valence-electron chi connectivity index (χ0n) is 11.2. The highest BCUT2D eigenvalue weighted by Gasteiger charge is 2.30. The highest BCUT2D eigenvalue weighted by atomic mass is 16.5. The van der Waals surface area contributed by atoms with Crippen molar-refractivity contribution in [2.45, 2.75) is 38.5 Å². The first-order valence-corrected chi connectivity index (χ1v) is 6.96. The second-order valence-electron chi connectivity index (χ2n) is 5.39. The molecule has 1 saturated heterocycles. The Morgan fingerprint density at radius 2 is 2.26 bits per heavy atom. The molecule has 0 radical (unpaired) electrons. The van der Waals surface area contributed by atoms with Crippen molar-refractivity contribution in [2.75, 3.05) is 18.5 Å². The molecule has 0 unspecified atom stereocenters. The number of rotatable bonds is 3. The Morgan fingerprint density at radius 1 is 1.42 bits per heavy atom. The number of aromatic nitrogens is 2. The first-order chi connectivity index (χ1) is 9.24. The Morgan fingerprint density at radius 3 is 2.95 bits per heavy atom. The molecule has 19 heavy (non-hydrogen) atoms. The summed E-state index contributed by atoms with van der Waals surface area (Å²) in [4.78, 5) is 20.9. The van der Waals surface area contributed by atoms with Crippen LogP contribution >= 0.6 is 0 Å². The van der Waals surface area contributed by atoms with Crippen molar-refractivity contribution in [3.8, 4) is 0 Å². The van der Waals surface area contributed by atoms with Crippen molar-refractivity contribution in [3.05, 3.63) is 17.7 Å². The van der Waals surface area contributed by atoms with Crippen molar-refractivity contribution in [1.29, 1.82) is 0 Å². The van der Waals surface area contributed by atoms with Gasteiger partial charge in [-0.25, -0.2) is 9.97 Å². The first-order valence-electron chi connectivity index (χ1n) is 6.96. The standard InChI is InChI=1S/C14H19N3O2/c1-9-15-7-12(13(16-9)10-4-5-10)17-14(18)11-3-2-6-19-8-11/h7,10-11H,2-6,8H2,1H3,(H,17,18)/t11-/m0/s1. The number of nitrogens with one attached hydrogen (secondary N) is 1. The lowest BCUT2D eigenvalue weighted by Crippen LogP contribution is -2.30. The van der Waals surface area contributed by atoms with Crippen LogP contribution in [0, 0.1) is 12.8 Å².